The van der Waals surface area contributed by atoms with Crippen molar-refractivity contribution in [3.05, 3.63) is 53.5 Å². The van der Waals surface area contributed by atoms with Gasteiger partial charge >= 0.3 is 0 Å². The summed E-state index contributed by atoms with van der Waals surface area (Å²) in [6, 6.07) is 9.65. The van der Waals surface area contributed by atoms with Crippen molar-refractivity contribution >= 4 is 17.6 Å². The highest BCUT2D eigenvalue weighted by molar-refractivity contribution is 5.92. The van der Waals surface area contributed by atoms with Crippen molar-refractivity contribution < 1.29 is 9.59 Å². The first-order chi connectivity index (χ1) is 12.5. The SMILES string of the molecule is CC(=O)N1CCN(c2cc(C(=O)NCc3ccccc3C)ncn2)CC1. The van der Waals surface area contributed by atoms with E-state index in [4.69, 9.17) is 0 Å². The Bertz CT molecular complexity index is 800. The number of piperazine rings is 1. The Kier molecular flexibility index (Phi) is 5.46. The zero-order chi connectivity index (χ0) is 18.5. The number of amides is 2. The van der Waals surface area contributed by atoms with Crippen LogP contribution in [0.3, 0.4) is 0 Å². The number of anilines is 1. The molecule has 1 aromatic heterocycles. The van der Waals surface area contributed by atoms with Crippen LogP contribution in [0.2, 0.25) is 0 Å². The van der Waals surface area contributed by atoms with Crippen molar-refractivity contribution in [2.45, 2.75) is 20.4 Å². The van der Waals surface area contributed by atoms with Gasteiger partial charge in [-0.2, -0.15) is 0 Å². The third kappa shape index (κ3) is 4.17. The average Bonchev–Trinajstić information content (AvgIpc) is 2.67. The molecule has 7 nitrogen and oxygen atoms in total. The van der Waals surface area contributed by atoms with E-state index in [1.165, 1.54) is 6.33 Å². The van der Waals surface area contributed by atoms with Gasteiger partial charge in [-0.05, 0) is 18.1 Å². The third-order valence-corrected chi connectivity index (χ3v) is 4.63. The Morgan fingerprint density at radius 2 is 1.85 bits per heavy atom. The van der Waals surface area contributed by atoms with E-state index in [-0.39, 0.29) is 11.8 Å². The van der Waals surface area contributed by atoms with Crippen LogP contribution in [0.5, 0.6) is 0 Å². The molecule has 1 N–H and O–H groups in total. The van der Waals surface area contributed by atoms with Crippen molar-refractivity contribution in [2.24, 2.45) is 0 Å². The average molecular weight is 353 g/mol. The molecule has 1 aliphatic rings. The van der Waals surface area contributed by atoms with E-state index in [0.717, 1.165) is 11.1 Å². The number of nitrogens with one attached hydrogen (secondary N) is 1. The summed E-state index contributed by atoms with van der Waals surface area (Å²) >= 11 is 0. The smallest absolute Gasteiger partial charge is 0.270 e. The minimum atomic E-state index is -0.223. The second kappa shape index (κ2) is 7.95. The number of carbonyl (C=O) groups is 2. The molecule has 0 spiro atoms. The molecule has 0 saturated carbocycles. The fourth-order valence-electron chi connectivity index (χ4n) is 2.97. The summed E-state index contributed by atoms with van der Waals surface area (Å²) in [5, 5.41) is 2.91. The minimum absolute atomic E-state index is 0.0867. The van der Waals surface area contributed by atoms with Gasteiger partial charge in [0.2, 0.25) is 5.91 Å². The molecule has 7 heteroatoms. The van der Waals surface area contributed by atoms with E-state index in [0.29, 0.717) is 44.2 Å². The lowest BCUT2D eigenvalue weighted by Gasteiger charge is -2.34. The predicted octanol–water partition coefficient (Wildman–Crippen LogP) is 1.38. The molecule has 0 aliphatic carbocycles. The van der Waals surface area contributed by atoms with Crippen LogP contribution < -0.4 is 10.2 Å². The Morgan fingerprint density at radius 3 is 2.54 bits per heavy atom. The molecule has 2 heterocycles. The maximum atomic E-state index is 12.4. The van der Waals surface area contributed by atoms with E-state index in [9.17, 15) is 9.59 Å². The molecule has 2 aromatic rings. The maximum absolute atomic E-state index is 12.4. The molecule has 136 valence electrons. The van der Waals surface area contributed by atoms with Gasteiger partial charge in [0.05, 0.1) is 0 Å². The van der Waals surface area contributed by atoms with Gasteiger partial charge < -0.3 is 15.1 Å². The van der Waals surface area contributed by atoms with Gasteiger partial charge in [-0.3, -0.25) is 9.59 Å². The first kappa shape index (κ1) is 17.8. The summed E-state index contributed by atoms with van der Waals surface area (Å²) < 4.78 is 0. The van der Waals surface area contributed by atoms with Crippen molar-refractivity contribution in [2.75, 3.05) is 31.1 Å². The van der Waals surface area contributed by atoms with E-state index in [2.05, 4.69) is 20.2 Å². The number of aromatic nitrogens is 2. The zero-order valence-electron chi connectivity index (χ0n) is 15.1. The lowest BCUT2D eigenvalue weighted by molar-refractivity contribution is -0.129. The molecule has 0 bridgehead atoms. The van der Waals surface area contributed by atoms with Gasteiger partial charge in [-0.15, -0.1) is 0 Å². The highest BCUT2D eigenvalue weighted by atomic mass is 16.2. The number of hydrogen-bond donors (Lipinski definition) is 1. The molecule has 2 amide bonds. The van der Waals surface area contributed by atoms with Crippen LogP contribution in [0.15, 0.2) is 36.7 Å². The summed E-state index contributed by atoms with van der Waals surface area (Å²) in [7, 11) is 0. The summed E-state index contributed by atoms with van der Waals surface area (Å²) in [5.41, 5.74) is 2.56. The van der Waals surface area contributed by atoms with Gasteiger partial charge in [-0.25, -0.2) is 9.97 Å². The molecule has 0 atom stereocenters. The highest BCUT2D eigenvalue weighted by Gasteiger charge is 2.20. The van der Waals surface area contributed by atoms with Crippen LogP contribution in [0.4, 0.5) is 5.82 Å². The predicted molar refractivity (Wildman–Crippen MR) is 98.8 cm³/mol. The Balaban J connectivity index is 1.63. The molecular weight excluding hydrogens is 330 g/mol. The third-order valence-electron chi connectivity index (χ3n) is 4.63. The fourth-order valence-corrected chi connectivity index (χ4v) is 2.97. The lowest BCUT2D eigenvalue weighted by atomic mass is 10.1. The normalized spacial score (nSPS) is 14.2. The number of rotatable bonds is 4. The molecule has 3 rings (SSSR count). The van der Waals surface area contributed by atoms with Crippen LogP contribution in [-0.4, -0.2) is 52.9 Å². The second-order valence-corrected chi connectivity index (χ2v) is 6.36. The lowest BCUT2D eigenvalue weighted by Crippen LogP contribution is -2.48. The number of nitrogens with zero attached hydrogens (tertiary/aromatic N) is 4. The van der Waals surface area contributed by atoms with E-state index >= 15 is 0 Å². The number of carbonyl (C=O) groups excluding carboxylic acids is 2. The molecule has 1 aliphatic heterocycles. The molecule has 1 saturated heterocycles. The van der Waals surface area contributed by atoms with Crippen molar-refractivity contribution in [1.29, 1.82) is 0 Å². The molecule has 0 unspecified atom stereocenters. The zero-order valence-corrected chi connectivity index (χ0v) is 15.1. The maximum Gasteiger partial charge on any atom is 0.270 e. The number of hydrogen-bond acceptors (Lipinski definition) is 5. The summed E-state index contributed by atoms with van der Waals surface area (Å²) in [6.45, 7) is 6.77. The first-order valence-electron chi connectivity index (χ1n) is 8.70. The van der Waals surface area contributed by atoms with Crippen LogP contribution in [0, 0.1) is 6.92 Å². The topological polar surface area (TPSA) is 78.4 Å². The van der Waals surface area contributed by atoms with Crippen LogP contribution in [0.25, 0.3) is 0 Å². The first-order valence-corrected chi connectivity index (χ1v) is 8.70. The number of benzene rings is 1. The monoisotopic (exact) mass is 353 g/mol. The van der Waals surface area contributed by atoms with E-state index in [1.54, 1.807) is 13.0 Å². The molecule has 26 heavy (non-hydrogen) atoms. The van der Waals surface area contributed by atoms with Crippen LogP contribution in [0.1, 0.15) is 28.5 Å². The molecule has 1 fully saturated rings. The molecular formula is C19H23N5O2. The minimum Gasteiger partial charge on any atom is -0.353 e. The largest absolute Gasteiger partial charge is 0.353 e. The van der Waals surface area contributed by atoms with Gasteiger partial charge in [-0.1, -0.05) is 24.3 Å². The molecule has 0 radical (unpaired) electrons. The quantitative estimate of drug-likeness (QED) is 0.898. The van der Waals surface area contributed by atoms with Gasteiger partial charge in [0.1, 0.15) is 17.8 Å². The Hall–Kier alpha value is -2.96. The summed E-state index contributed by atoms with van der Waals surface area (Å²) in [6.07, 6.45) is 1.41. The summed E-state index contributed by atoms with van der Waals surface area (Å²) in [4.78, 5) is 36.1. The standard InChI is InChI=1S/C19H23N5O2/c1-14-5-3-4-6-16(14)12-20-19(26)17-11-18(22-13-21-17)24-9-7-23(8-10-24)15(2)25/h3-6,11,13H,7-10,12H2,1-2H3,(H,20,26). The van der Waals surface area contributed by atoms with Crippen molar-refractivity contribution in [1.82, 2.24) is 20.2 Å². The van der Waals surface area contributed by atoms with Gasteiger partial charge in [0, 0.05) is 45.7 Å². The van der Waals surface area contributed by atoms with Gasteiger partial charge in [0.25, 0.3) is 5.91 Å². The van der Waals surface area contributed by atoms with E-state index in [1.807, 2.05) is 36.1 Å². The van der Waals surface area contributed by atoms with Crippen molar-refractivity contribution in [3.63, 3.8) is 0 Å². The van der Waals surface area contributed by atoms with E-state index < -0.39 is 0 Å². The Labute approximate surface area is 153 Å². The van der Waals surface area contributed by atoms with Gasteiger partial charge in [0.15, 0.2) is 0 Å². The second-order valence-electron chi connectivity index (χ2n) is 6.36. The fraction of sp³-hybridized carbons (Fsp3) is 0.368. The number of aryl methyl sites for hydroxylation is 1. The summed E-state index contributed by atoms with van der Waals surface area (Å²) in [5.74, 6) is 0.576. The Morgan fingerprint density at radius 1 is 1.12 bits per heavy atom. The van der Waals surface area contributed by atoms with Crippen LogP contribution in [-0.2, 0) is 11.3 Å². The van der Waals surface area contributed by atoms with Crippen molar-refractivity contribution in [3.8, 4) is 0 Å². The highest BCUT2D eigenvalue weighted by Crippen LogP contribution is 2.14. The van der Waals surface area contributed by atoms with Crippen LogP contribution >= 0.6 is 0 Å². The molecule has 1 aromatic carbocycles.